The fourth-order valence-corrected chi connectivity index (χ4v) is 2.46. The summed E-state index contributed by atoms with van der Waals surface area (Å²) in [7, 11) is 1.50. The summed E-state index contributed by atoms with van der Waals surface area (Å²) in [5.41, 5.74) is 1.19. The second-order valence-corrected chi connectivity index (χ2v) is 5.39. The summed E-state index contributed by atoms with van der Waals surface area (Å²) in [6.07, 6.45) is 0. The van der Waals surface area contributed by atoms with Crippen molar-refractivity contribution in [3.8, 4) is 17.6 Å². The van der Waals surface area contributed by atoms with E-state index in [0.717, 1.165) is 5.56 Å². The van der Waals surface area contributed by atoms with E-state index in [9.17, 15) is 4.39 Å². The Balaban J connectivity index is 2.17. The molecular formula is C15H10BrClFNO2. The molecule has 0 bridgehead atoms. The van der Waals surface area contributed by atoms with E-state index < -0.39 is 5.82 Å². The monoisotopic (exact) mass is 369 g/mol. The molecule has 0 atom stereocenters. The van der Waals surface area contributed by atoms with Crippen LogP contribution in [0.15, 0.2) is 34.8 Å². The van der Waals surface area contributed by atoms with Crippen molar-refractivity contribution in [2.75, 3.05) is 7.11 Å². The average Bonchev–Trinajstić information content (AvgIpc) is 2.49. The van der Waals surface area contributed by atoms with E-state index in [2.05, 4.69) is 15.9 Å². The standard InChI is InChI=1S/C15H10BrClFNO2/c1-20-14-3-2-9(4-10(14)7-19)8-21-15-6-13(18)12(17)5-11(15)16/h2-6H,8H2,1H3. The van der Waals surface area contributed by atoms with Gasteiger partial charge in [-0.1, -0.05) is 17.7 Å². The van der Waals surface area contributed by atoms with Crippen molar-refractivity contribution in [1.29, 1.82) is 5.26 Å². The number of methoxy groups -OCH3 is 1. The van der Waals surface area contributed by atoms with Crippen molar-refractivity contribution in [2.24, 2.45) is 0 Å². The molecule has 2 aromatic carbocycles. The van der Waals surface area contributed by atoms with Crippen LogP contribution in [-0.4, -0.2) is 7.11 Å². The Hall–Kier alpha value is -1.77. The summed E-state index contributed by atoms with van der Waals surface area (Å²) in [6.45, 7) is 0.193. The van der Waals surface area contributed by atoms with Crippen LogP contribution in [0.3, 0.4) is 0 Å². The van der Waals surface area contributed by atoms with E-state index in [0.29, 0.717) is 21.5 Å². The largest absolute Gasteiger partial charge is 0.495 e. The van der Waals surface area contributed by atoms with E-state index in [1.54, 1.807) is 18.2 Å². The Bertz CT molecular complexity index is 716. The molecule has 0 spiro atoms. The van der Waals surface area contributed by atoms with Gasteiger partial charge < -0.3 is 9.47 Å². The van der Waals surface area contributed by atoms with E-state index in [-0.39, 0.29) is 11.6 Å². The molecular weight excluding hydrogens is 361 g/mol. The van der Waals surface area contributed by atoms with E-state index >= 15 is 0 Å². The molecule has 0 unspecified atom stereocenters. The van der Waals surface area contributed by atoms with Crippen molar-refractivity contribution in [3.05, 3.63) is 56.8 Å². The summed E-state index contributed by atoms with van der Waals surface area (Å²) >= 11 is 8.92. The fraction of sp³-hybridized carbons (Fsp3) is 0.133. The SMILES string of the molecule is COc1ccc(COc2cc(F)c(Cl)cc2Br)cc1C#N. The zero-order chi connectivity index (χ0) is 15.4. The van der Waals surface area contributed by atoms with Gasteiger partial charge in [0.2, 0.25) is 0 Å². The molecule has 21 heavy (non-hydrogen) atoms. The molecule has 0 N–H and O–H groups in total. The molecule has 0 aliphatic carbocycles. The Morgan fingerprint density at radius 1 is 1.29 bits per heavy atom. The lowest BCUT2D eigenvalue weighted by Crippen LogP contribution is -1.98. The fourth-order valence-electron chi connectivity index (χ4n) is 1.71. The van der Waals surface area contributed by atoms with E-state index in [1.807, 2.05) is 6.07 Å². The molecule has 0 aliphatic heterocycles. The highest BCUT2D eigenvalue weighted by atomic mass is 79.9. The van der Waals surface area contributed by atoms with Crippen LogP contribution in [0.5, 0.6) is 11.5 Å². The van der Waals surface area contributed by atoms with Crippen LogP contribution in [-0.2, 0) is 6.61 Å². The molecule has 6 heteroatoms. The first-order valence-electron chi connectivity index (χ1n) is 5.89. The summed E-state index contributed by atoms with van der Waals surface area (Å²) in [4.78, 5) is 0. The predicted molar refractivity (Wildman–Crippen MR) is 81.2 cm³/mol. The van der Waals surface area contributed by atoms with Crippen LogP contribution in [0.4, 0.5) is 4.39 Å². The Kier molecular flexibility index (Phi) is 5.05. The van der Waals surface area contributed by atoms with Crippen molar-refractivity contribution in [1.82, 2.24) is 0 Å². The van der Waals surface area contributed by atoms with Gasteiger partial charge >= 0.3 is 0 Å². The molecule has 2 aromatic rings. The summed E-state index contributed by atoms with van der Waals surface area (Å²) < 4.78 is 24.6. The molecule has 0 saturated heterocycles. The number of benzene rings is 2. The summed E-state index contributed by atoms with van der Waals surface area (Å²) in [6, 6.07) is 9.82. The molecule has 0 amide bonds. The highest BCUT2D eigenvalue weighted by molar-refractivity contribution is 9.10. The third kappa shape index (κ3) is 3.66. The molecule has 0 aromatic heterocycles. The van der Waals surface area contributed by atoms with Crippen molar-refractivity contribution < 1.29 is 13.9 Å². The minimum absolute atomic E-state index is 0.0189. The quantitative estimate of drug-likeness (QED) is 0.733. The number of rotatable bonds is 4. The topological polar surface area (TPSA) is 42.2 Å². The summed E-state index contributed by atoms with van der Waals surface area (Å²) in [5, 5.41) is 9.05. The van der Waals surface area contributed by atoms with E-state index in [1.165, 1.54) is 19.2 Å². The maximum Gasteiger partial charge on any atom is 0.145 e. The van der Waals surface area contributed by atoms with Crippen molar-refractivity contribution >= 4 is 27.5 Å². The second-order valence-electron chi connectivity index (χ2n) is 4.13. The van der Waals surface area contributed by atoms with Gasteiger partial charge in [-0.2, -0.15) is 5.26 Å². The maximum atomic E-state index is 13.4. The first kappa shape index (κ1) is 15.6. The molecule has 3 nitrogen and oxygen atoms in total. The number of nitrogens with zero attached hydrogens (tertiary/aromatic N) is 1. The molecule has 0 fully saturated rings. The van der Waals surface area contributed by atoms with Gasteiger partial charge in [0, 0.05) is 6.07 Å². The highest BCUT2D eigenvalue weighted by Crippen LogP contribution is 2.31. The molecule has 2 rings (SSSR count). The number of nitriles is 1. The number of hydrogen-bond donors (Lipinski definition) is 0. The van der Waals surface area contributed by atoms with Gasteiger partial charge in [0.15, 0.2) is 0 Å². The number of hydrogen-bond acceptors (Lipinski definition) is 3. The molecule has 0 heterocycles. The third-order valence-corrected chi connectivity index (χ3v) is 3.66. The Morgan fingerprint density at radius 3 is 2.71 bits per heavy atom. The van der Waals surface area contributed by atoms with Crippen LogP contribution in [0, 0.1) is 17.1 Å². The van der Waals surface area contributed by atoms with Crippen molar-refractivity contribution in [2.45, 2.75) is 6.61 Å². The lowest BCUT2D eigenvalue weighted by molar-refractivity contribution is 0.302. The predicted octanol–water partition coefficient (Wildman–Crippen LogP) is 4.70. The Morgan fingerprint density at radius 2 is 2.05 bits per heavy atom. The normalized spacial score (nSPS) is 10.0. The van der Waals surface area contributed by atoms with Gasteiger partial charge in [-0.05, 0) is 39.7 Å². The Labute approximate surface area is 135 Å². The first-order valence-corrected chi connectivity index (χ1v) is 7.06. The second kappa shape index (κ2) is 6.79. The van der Waals surface area contributed by atoms with Gasteiger partial charge in [0.1, 0.15) is 30.0 Å². The average molecular weight is 371 g/mol. The molecule has 0 saturated carbocycles. The van der Waals surface area contributed by atoms with Gasteiger partial charge in [-0.15, -0.1) is 0 Å². The molecule has 108 valence electrons. The van der Waals surface area contributed by atoms with Crippen LogP contribution >= 0.6 is 27.5 Å². The van der Waals surface area contributed by atoms with Crippen LogP contribution in [0.25, 0.3) is 0 Å². The third-order valence-electron chi connectivity index (χ3n) is 2.75. The zero-order valence-corrected chi connectivity index (χ0v) is 13.3. The smallest absolute Gasteiger partial charge is 0.145 e. The van der Waals surface area contributed by atoms with Gasteiger partial charge in [-0.3, -0.25) is 0 Å². The van der Waals surface area contributed by atoms with Crippen LogP contribution < -0.4 is 9.47 Å². The lowest BCUT2D eigenvalue weighted by Gasteiger charge is -2.10. The van der Waals surface area contributed by atoms with Crippen LogP contribution in [0.1, 0.15) is 11.1 Å². The highest BCUT2D eigenvalue weighted by Gasteiger charge is 2.09. The van der Waals surface area contributed by atoms with Gasteiger partial charge in [0.05, 0.1) is 22.2 Å². The molecule has 0 radical (unpaired) electrons. The molecule has 0 aliphatic rings. The van der Waals surface area contributed by atoms with Gasteiger partial charge in [-0.25, -0.2) is 4.39 Å². The maximum absolute atomic E-state index is 13.4. The zero-order valence-electron chi connectivity index (χ0n) is 11.0. The number of ether oxygens (including phenoxy) is 2. The number of halogens is 3. The lowest BCUT2D eigenvalue weighted by atomic mass is 10.1. The summed E-state index contributed by atoms with van der Waals surface area (Å²) in [5.74, 6) is 0.286. The van der Waals surface area contributed by atoms with E-state index in [4.69, 9.17) is 26.3 Å². The minimum atomic E-state index is -0.553. The minimum Gasteiger partial charge on any atom is -0.495 e. The van der Waals surface area contributed by atoms with Crippen LogP contribution in [0.2, 0.25) is 5.02 Å². The van der Waals surface area contributed by atoms with Gasteiger partial charge in [0.25, 0.3) is 0 Å². The first-order chi connectivity index (χ1) is 10.0. The van der Waals surface area contributed by atoms with Crippen molar-refractivity contribution in [3.63, 3.8) is 0 Å².